The Morgan fingerprint density at radius 2 is 1.90 bits per heavy atom. The molecule has 0 atom stereocenters. The van der Waals surface area contributed by atoms with E-state index >= 15 is 0 Å². The third-order valence-corrected chi connectivity index (χ3v) is 4.59. The van der Waals surface area contributed by atoms with E-state index in [2.05, 4.69) is 15.6 Å². The number of carbonyl (C=O) groups is 1. The molecule has 1 heterocycles. The summed E-state index contributed by atoms with van der Waals surface area (Å²) in [5.41, 5.74) is -0.891. The van der Waals surface area contributed by atoms with Crippen molar-refractivity contribution in [2.24, 2.45) is 0 Å². The second-order valence-corrected chi connectivity index (χ2v) is 6.91. The van der Waals surface area contributed by atoms with Crippen molar-refractivity contribution in [3.63, 3.8) is 0 Å². The SMILES string of the molecule is CCNc1[nH]c(=O)n(OCc2ccccc2)c(=O)c1C(=O)NCc1ccc(Cl)c(F)c1. The van der Waals surface area contributed by atoms with Crippen LogP contribution in [0, 0.1) is 5.82 Å². The van der Waals surface area contributed by atoms with E-state index in [0.717, 1.165) is 5.56 Å². The number of halogens is 2. The van der Waals surface area contributed by atoms with E-state index in [1.807, 2.05) is 6.07 Å². The predicted octanol–water partition coefficient (Wildman–Crippen LogP) is 2.32. The molecule has 3 rings (SSSR count). The number of nitrogens with zero attached hydrogens (tertiary/aromatic N) is 1. The first kappa shape index (κ1) is 22.1. The molecule has 0 spiro atoms. The zero-order valence-electron chi connectivity index (χ0n) is 16.6. The lowest BCUT2D eigenvalue weighted by atomic mass is 10.2. The number of amides is 1. The second kappa shape index (κ2) is 9.94. The number of anilines is 1. The molecule has 10 heteroatoms. The summed E-state index contributed by atoms with van der Waals surface area (Å²) in [4.78, 5) is 45.8. The van der Waals surface area contributed by atoms with Crippen LogP contribution in [-0.4, -0.2) is 22.2 Å². The van der Waals surface area contributed by atoms with E-state index in [1.165, 1.54) is 12.1 Å². The Kier molecular flexibility index (Phi) is 7.09. The van der Waals surface area contributed by atoms with Crippen LogP contribution in [-0.2, 0) is 13.2 Å². The lowest BCUT2D eigenvalue weighted by molar-refractivity contribution is 0.0764. The highest BCUT2D eigenvalue weighted by atomic mass is 35.5. The van der Waals surface area contributed by atoms with Gasteiger partial charge in [-0.25, -0.2) is 9.18 Å². The summed E-state index contributed by atoms with van der Waals surface area (Å²) in [5.74, 6) is -1.41. The fourth-order valence-electron chi connectivity index (χ4n) is 2.79. The van der Waals surface area contributed by atoms with Crippen molar-refractivity contribution < 1.29 is 14.0 Å². The molecule has 0 radical (unpaired) electrons. The van der Waals surface area contributed by atoms with Gasteiger partial charge in [-0.15, -0.1) is 0 Å². The average Bonchev–Trinajstić information content (AvgIpc) is 2.75. The zero-order valence-corrected chi connectivity index (χ0v) is 17.3. The monoisotopic (exact) mass is 446 g/mol. The second-order valence-electron chi connectivity index (χ2n) is 6.50. The molecule has 3 aromatic rings. The first-order valence-electron chi connectivity index (χ1n) is 9.43. The van der Waals surface area contributed by atoms with Gasteiger partial charge in [0.2, 0.25) is 0 Å². The fraction of sp³-hybridized carbons (Fsp3) is 0.190. The van der Waals surface area contributed by atoms with Crippen LogP contribution in [0.1, 0.15) is 28.4 Å². The minimum absolute atomic E-state index is 0.0307. The average molecular weight is 447 g/mol. The first-order valence-corrected chi connectivity index (χ1v) is 9.81. The molecule has 2 aromatic carbocycles. The van der Waals surface area contributed by atoms with Gasteiger partial charge in [-0.05, 0) is 30.2 Å². The van der Waals surface area contributed by atoms with Gasteiger partial charge in [0.15, 0.2) is 0 Å². The molecule has 1 aromatic heterocycles. The van der Waals surface area contributed by atoms with Crippen LogP contribution >= 0.6 is 11.6 Å². The number of aromatic nitrogens is 2. The summed E-state index contributed by atoms with van der Waals surface area (Å²) in [5, 5.41) is 5.30. The standard InChI is InChI=1S/C21H20ClFN4O4/c1-2-24-18-17(19(28)25-11-14-8-9-15(22)16(23)10-14)20(29)27(21(30)26-18)31-12-13-6-4-3-5-7-13/h3-10,24H,2,11-12H2,1H3,(H,25,28)(H,26,30). The summed E-state index contributed by atoms with van der Waals surface area (Å²) < 4.78 is 14.1. The Labute approximate surface area is 181 Å². The van der Waals surface area contributed by atoms with Crippen molar-refractivity contribution >= 4 is 23.3 Å². The smallest absolute Gasteiger partial charge is 0.363 e. The molecule has 0 saturated heterocycles. The van der Waals surface area contributed by atoms with Crippen molar-refractivity contribution in [3.05, 3.63) is 96.9 Å². The van der Waals surface area contributed by atoms with Gasteiger partial charge in [-0.1, -0.05) is 52.7 Å². The van der Waals surface area contributed by atoms with Crippen LogP contribution in [0.25, 0.3) is 0 Å². The minimum Gasteiger partial charge on any atom is -0.401 e. The minimum atomic E-state index is -0.921. The fourth-order valence-corrected chi connectivity index (χ4v) is 2.91. The number of rotatable bonds is 8. The predicted molar refractivity (Wildman–Crippen MR) is 115 cm³/mol. The van der Waals surface area contributed by atoms with Crippen molar-refractivity contribution in [1.82, 2.24) is 15.0 Å². The van der Waals surface area contributed by atoms with Crippen molar-refractivity contribution in [3.8, 4) is 0 Å². The topological polar surface area (TPSA) is 105 Å². The molecule has 31 heavy (non-hydrogen) atoms. The summed E-state index contributed by atoms with van der Waals surface area (Å²) in [7, 11) is 0. The summed E-state index contributed by atoms with van der Waals surface area (Å²) >= 11 is 5.66. The van der Waals surface area contributed by atoms with E-state index in [4.69, 9.17) is 16.4 Å². The molecule has 0 unspecified atom stereocenters. The van der Waals surface area contributed by atoms with Gasteiger partial charge in [0.1, 0.15) is 23.8 Å². The highest BCUT2D eigenvalue weighted by Gasteiger charge is 2.21. The number of hydrogen-bond acceptors (Lipinski definition) is 5. The highest BCUT2D eigenvalue weighted by Crippen LogP contribution is 2.15. The van der Waals surface area contributed by atoms with Crippen LogP contribution in [0.2, 0.25) is 5.02 Å². The summed E-state index contributed by atoms with van der Waals surface area (Å²) in [6, 6.07) is 13.0. The molecule has 0 aliphatic carbocycles. The maximum Gasteiger partial charge on any atom is 0.363 e. The molecule has 0 bridgehead atoms. The lowest BCUT2D eigenvalue weighted by Crippen LogP contribution is -2.45. The maximum atomic E-state index is 13.6. The third kappa shape index (κ3) is 5.32. The quantitative estimate of drug-likeness (QED) is 0.492. The highest BCUT2D eigenvalue weighted by molar-refractivity contribution is 6.30. The third-order valence-electron chi connectivity index (χ3n) is 4.29. The molecule has 0 saturated carbocycles. The van der Waals surface area contributed by atoms with E-state index < -0.39 is 23.0 Å². The largest absolute Gasteiger partial charge is 0.401 e. The van der Waals surface area contributed by atoms with E-state index in [0.29, 0.717) is 16.8 Å². The van der Waals surface area contributed by atoms with Crippen LogP contribution in [0.5, 0.6) is 0 Å². The Bertz CT molecular complexity index is 1190. The van der Waals surface area contributed by atoms with E-state index in [-0.39, 0.29) is 29.6 Å². The van der Waals surface area contributed by atoms with Crippen molar-refractivity contribution in [2.75, 3.05) is 11.9 Å². The number of hydrogen-bond donors (Lipinski definition) is 3. The molecular formula is C21H20ClFN4O4. The van der Waals surface area contributed by atoms with Gasteiger partial charge in [-0.3, -0.25) is 14.6 Å². The number of nitrogens with one attached hydrogen (secondary N) is 3. The molecule has 0 fully saturated rings. The summed E-state index contributed by atoms with van der Waals surface area (Å²) in [6.07, 6.45) is 0. The van der Waals surface area contributed by atoms with Gasteiger partial charge < -0.3 is 15.5 Å². The van der Waals surface area contributed by atoms with E-state index in [1.54, 1.807) is 37.3 Å². The Balaban J connectivity index is 1.87. The molecule has 1 amide bonds. The normalized spacial score (nSPS) is 10.5. The van der Waals surface area contributed by atoms with Crippen LogP contribution in [0.3, 0.4) is 0 Å². The molecule has 0 aliphatic heterocycles. The van der Waals surface area contributed by atoms with Crippen molar-refractivity contribution in [1.29, 1.82) is 0 Å². The molecule has 0 aliphatic rings. The van der Waals surface area contributed by atoms with Crippen LogP contribution in [0.4, 0.5) is 10.2 Å². The molecule has 162 valence electrons. The Hall–Kier alpha value is -3.59. The summed E-state index contributed by atoms with van der Waals surface area (Å²) in [6.45, 7) is 2.00. The number of benzene rings is 2. The van der Waals surface area contributed by atoms with E-state index in [9.17, 15) is 18.8 Å². The Morgan fingerprint density at radius 1 is 1.16 bits per heavy atom. The lowest BCUT2D eigenvalue weighted by Gasteiger charge is -2.14. The van der Waals surface area contributed by atoms with Gasteiger partial charge >= 0.3 is 11.2 Å². The molecular weight excluding hydrogens is 427 g/mol. The zero-order chi connectivity index (χ0) is 22.4. The Morgan fingerprint density at radius 3 is 2.58 bits per heavy atom. The van der Waals surface area contributed by atoms with Crippen molar-refractivity contribution in [2.45, 2.75) is 20.1 Å². The number of carbonyl (C=O) groups excluding carboxylic acids is 1. The van der Waals surface area contributed by atoms with Gasteiger partial charge in [0.05, 0.1) is 5.02 Å². The van der Waals surface area contributed by atoms with Crippen LogP contribution < -0.4 is 26.7 Å². The van der Waals surface area contributed by atoms with Crippen LogP contribution in [0.15, 0.2) is 58.1 Å². The first-order chi connectivity index (χ1) is 14.9. The molecule has 8 nitrogen and oxygen atoms in total. The number of H-pyrrole nitrogens is 1. The van der Waals surface area contributed by atoms with Gasteiger partial charge in [0, 0.05) is 13.1 Å². The maximum absolute atomic E-state index is 13.6. The molecule has 3 N–H and O–H groups in total. The van der Waals surface area contributed by atoms with Gasteiger partial charge in [-0.2, -0.15) is 0 Å². The van der Waals surface area contributed by atoms with Gasteiger partial charge in [0.25, 0.3) is 5.91 Å². The number of aromatic amines is 1.